The molecule has 0 radical (unpaired) electrons. The van der Waals surface area contributed by atoms with Gasteiger partial charge in [0, 0.05) is 10.6 Å². The smallest absolute Gasteiger partial charge is 0.261 e. The van der Waals surface area contributed by atoms with Gasteiger partial charge in [-0.15, -0.1) is 0 Å². The molecule has 0 fully saturated rings. The van der Waals surface area contributed by atoms with E-state index in [1.165, 1.54) is 0 Å². The van der Waals surface area contributed by atoms with Gasteiger partial charge in [0.1, 0.15) is 12.4 Å². The summed E-state index contributed by atoms with van der Waals surface area (Å²) in [6.45, 7) is 3.75. The van der Waals surface area contributed by atoms with E-state index in [1.807, 2.05) is 38.1 Å². The van der Waals surface area contributed by atoms with Crippen molar-refractivity contribution in [2.45, 2.75) is 19.9 Å². The fraction of sp³-hybridized carbons (Fsp3) is 0.211. The zero-order valence-corrected chi connectivity index (χ0v) is 15.2. The number of aromatic nitrogens is 2. The Labute approximate surface area is 156 Å². The lowest BCUT2D eigenvalue weighted by Crippen LogP contribution is -2.48. The van der Waals surface area contributed by atoms with Crippen LogP contribution in [0.2, 0.25) is 5.02 Å². The molecule has 1 atom stereocenters. The van der Waals surface area contributed by atoms with Crippen molar-refractivity contribution in [3.8, 4) is 0 Å². The Morgan fingerprint density at radius 1 is 1.08 bits per heavy atom. The van der Waals surface area contributed by atoms with E-state index in [0.29, 0.717) is 10.6 Å². The van der Waals surface area contributed by atoms with Crippen LogP contribution in [0.4, 0.5) is 0 Å². The molecule has 134 valence electrons. The Hall–Kier alpha value is -2.86. The number of fused-ring (bicyclic) bond motifs is 1. The molecular formula is C19H19ClN4O2. The van der Waals surface area contributed by atoms with Gasteiger partial charge >= 0.3 is 0 Å². The van der Waals surface area contributed by atoms with E-state index >= 15 is 0 Å². The second-order valence-corrected chi connectivity index (χ2v) is 6.72. The van der Waals surface area contributed by atoms with E-state index in [-0.39, 0.29) is 17.7 Å². The number of hydrogen-bond acceptors (Lipinski definition) is 3. The number of para-hydroxylation sites is 2. The highest BCUT2D eigenvalue weighted by atomic mass is 35.5. The van der Waals surface area contributed by atoms with Crippen molar-refractivity contribution >= 4 is 34.4 Å². The number of rotatable bonds is 5. The average molecular weight is 371 g/mol. The first-order valence-electron chi connectivity index (χ1n) is 8.25. The summed E-state index contributed by atoms with van der Waals surface area (Å²) in [6.07, 6.45) is 1.54. The lowest BCUT2D eigenvalue weighted by Gasteiger charge is -2.22. The lowest BCUT2D eigenvalue weighted by atomic mass is 10.0. The van der Waals surface area contributed by atoms with E-state index < -0.39 is 6.04 Å². The normalized spacial score (nSPS) is 12.2. The fourth-order valence-electron chi connectivity index (χ4n) is 2.60. The molecule has 3 aromatic rings. The Balaban J connectivity index is 1.75. The van der Waals surface area contributed by atoms with Gasteiger partial charge in [-0.2, -0.15) is 0 Å². The van der Waals surface area contributed by atoms with Crippen molar-refractivity contribution in [3.63, 3.8) is 0 Å². The predicted octanol–water partition coefficient (Wildman–Crippen LogP) is 3.21. The molecule has 1 heterocycles. The molecule has 0 saturated heterocycles. The van der Waals surface area contributed by atoms with Crippen molar-refractivity contribution < 1.29 is 9.59 Å². The molecule has 7 heteroatoms. The zero-order chi connectivity index (χ0) is 18.7. The number of imidazole rings is 1. The van der Waals surface area contributed by atoms with Crippen molar-refractivity contribution in [3.05, 3.63) is 65.4 Å². The number of hydrogen-bond donors (Lipinski definition) is 2. The zero-order valence-electron chi connectivity index (χ0n) is 14.4. The minimum absolute atomic E-state index is 0.0963. The van der Waals surface area contributed by atoms with E-state index in [9.17, 15) is 9.59 Å². The third kappa shape index (κ3) is 3.86. The van der Waals surface area contributed by atoms with Crippen LogP contribution in [-0.4, -0.2) is 27.5 Å². The monoisotopic (exact) mass is 370 g/mol. The maximum Gasteiger partial charge on any atom is 0.261 e. The predicted molar refractivity (Wildman–Crippen MR) is 102 cm³/mol. The van der Waals surface area contributed by atoms with Crippen LogP contribution in [0.15, 0.2) is 54.9 Å². The van der Waals surface area contributed by atoms with Crippen molar-refractivity contribution in [2.75, 3.05) is 5.43 Å². The number of carbonyl (C=O) groups is 2. The van der Waals surface area contributed by atoms with E-state index in [2.05, 4.69) is 15.7 Å². The largest absolute Gasteiger partial charge is 0.340 e. The van der Waals surface area contributed by atoms with Gasteiger partial charge in [0.15, 0.2) is 0 Å². The fourth-order valence-corrected chi connectivity index (χ4v) is 2.72. The molecule has 1 aromatic heterocycles. The SMILES string of the molecule is CC(C)C(NC(=O)c1ccc(Cl)cc1)C(=O)Nn1cnc2ccccc21. The Morgan fingerprint density at radius 2 is 1.77 bits per heavy atom. The van der Waals surface area contributed by atoms with Crippen LogP contribution in [0.25, 0.3) is 11.0 Å². The van der Waals surface area contributed by atoms with Gasteiger partial charge in [0.25, 0.3) is 11.8 Å². The van der Waals surface area contributed by atoms with Gasteiger partial charge in [-0.05, 0) is 42.3 Å². The summed E-state index contributed by atoms with van der Waals surface area (Å²) < 4.78 is 1.56. The van der Waals surface area contributed by atoms with Crippen molar-refractivity contribution in [1.29, 1.82) is 0 Å². The molecule has 2 amide bonds. The molecule has 1 unspecified atom stereocenters. The van der Waals surface area contributed by atoms with Crippen molar-refractivity contribution in [1.82, 2.24) is 15.0 Å². The quantitative estimate of drug-likeness (QED) is 0.724. The van der Waals surface area contributed by atoms with Gasteiger partial charge in [-0.1, -0.05) is 37.6 Å². The molecule has 26 heavy (non-hydrogen) atoms. The summed E-state index contributed by atoms with van der Waals surface area (Å²) in [6, 6.07) is 13.3. The number of nitrogens with one attached hydrogen (secondary N) is 2. The molecule has 3 rings (SSSR count). The van der Waals surface area contributed by atoms with Crippen LogP contribution < -0.4 is 10.7 Å². The highest BCUT2D eigenvalue weighted by Crippen LogP contribution is 2.12. The molecule has 0 aliphatic rings. The van der Waals surface area contributed by atoms with Crippen LogP contribution in [0, 0.1) is 5.92 Å². The molecule has 2 N–H and O–H groups in total. The van der Waals surface area contributed by atoms with E-state index in [0.717, 1.165) is 11.0 Å². The van der Waals surface area contributed by atoms with Gasteiger partial charge in [-0.3, -0.25) is 15.0 Å². The van der Waals surface area contributed by atoms with Crippen LogP contribution >= 0.6 is 11.6 Å². The van der Waals surface area contributed by atoms with E-state index in [1.54, 1.807) is 35.3 Å². The average Bonchev–Trinajstić information content (AvgIpc) is 3.02. The summed E-state index contributed by atoms with van der Waals surface area (Å²) in [4.78, 5) is 29.4. The minimum atomic E-state index is -0.695. The van der Waals surface area contributed by atoms with Crippen molar-refractivity contribution in [2.24, 2.45) is 5.92 Å². The number of carbonyl (C=O) groups excluding carboxylic acids is 2. The van der Waals surface area contributed by atoms with Crippen LogP contribution in [0.1, 0.15) is 24.2 Å². The van der Waals surface area contributed by atoms with E-state index in [4.69, 9.17) is 11.6 Å². The standard InChI is InChI=1S/C19H19ClN4O2/c1-12(2)17(22-18(25)13-7-9-14(20)10-8-13)19(26)23-24-11-21-15-5-3-4-6-16(15)24/h3-12,17H,1-2H3,(H,22,25)(H,23,26). The molecule has 0 saturated carbocycles. The molecule has 2 aromatic carbocycles. The summed E-state index contributed by atoms with van der Waals surface area (Å²) >= 11 is 5.85. The minimum Gasteiger partial charge on any atom is -0.340 e. The Kier molecular flexibility index (Phi) is 5.23. The topological polar surface area (TPSA) is 76.0 Å². The maximum absolute atomic E-state index is 12.7. The molecule has 6 nitrogen and oxygen atoms in total. The molecule has 0 aliphatic heterocycles. The first-order chi connectivity index (χ1) is 12.5. The first-order valence-corrected chi connectivity index (χ1v) is 8.63. The highest BCUT2D eigenvalue weighted by Gasteiger charge is 2.25. The van der Waals surface area contributed by atoms with Gasteiger partial charge in [-0.25, -0.2) is 9.66 Å². The first kappa shape index (κ1) is 17.9. The summed E-state index contributed by atoms with van der Waals surface area (Å²) in [5, 5.41) is 3.33. The second-order valence-electron chi connectivity index (χ2n) is 6.28. The van der Waals surface area contributed by atoms with Crippen LogP contribution in [0.3, 0.4) is 0 Å². The molecule has 0 spiro atoms. The Bertz CT molecular complexity index is 934. The van der Waals surface area contributed by atoms with Gasteiger partial charge in [0.05, 0.1) is 11.0 Å². The van der Waals surface area contributed by atoms with Crippen LogP contribution in [-0.2, 0) is 4.79 Å². The summed E-state index contributed by atoms with van der Waals surface area (Å²) in [5.41, 5.74) is 4.80. The molecule has 0 aliphatic carbocycles. The molecule has 0 bridgehead atoms. The number of amides is 2. The highest BCUT2D eigenvalue weighted by molar-refractivity contribution is 6.30. The summed E-state index contributed by atoms with van der Waals surface area (Å²) in [7, 11) is 0. The van der Waals surface area contributed by atoms with Gasteiger partial charge in [0.2, 0.25) is 0 Å². The Morgan fingerprint density at radius 3 is 2.46 bits per heavy atom. The molecular weight excluding hydrogens is 352 g/mol. The lowest BCUT2D eigenvalue weighted by molar-refractivity contribution is -0.119. The maximum atomic E-state index is 12.7. The number of benzene rings is 2. The number of halogens is 1. The van der Waals surface area contributed by atoms with Crippen LogP contribution in [0.5, 0.6) is 0 Å². The number of nitrogens with zero attached hydrogens (tertiary/aromatic N) is 2. The second kappa shape index (κ2) is 7.58. The third-order valence-electron chi connectivity index (χ3n) is 4.03. The third-order valence-corrected chi connectivity index (χ3v) is 4.28. The summed E-state index contributed by atoms with van der Waals surface area (Å²) in [5.74, 6) is -0.738. The van der Waals surface area contributed by atoms with Gasteiger partial charge < -0.3 is 5.32 Å².